The normalized spacial score (nSPS) is 12.7. The molecule has 4 rings (SSSR count). The van der Waals surface area contributed by atoms with Gasteiger partial charge in [-0.05, 0) is 49.5 Å². The number of benzene rings is 2. The molecule has 0 unspecified atom stereocenters. The fraction of sp³-hybridized carbons (Fsp3) is 0.261. The van der Waals surface area contributed by atoms with Gasteiger partial charge in [0, 0.05) is 23.9 Å². The van der Waals surface area contributed by atoms with E-state index in [-0.39, 0.29) is 35.9 Å². The Bertz CT molecular complexity index is 1220. The summed E-state index contributed by atoms with van der Waals surface area (Å²) in [5.41, 5.74) is 2.45. The first-order chi connectivity index (χ1) is 15.3. The van der Waals surface area contributed by atoms with Crippen LogP contribution in [0.4, 0.5) is 14.5 Å². The highest BCUT2D eigenvalue weighted by molar-refractivity contribution is 5.99. The number of aromatic nitrogens is 2. The maximum absolute atomic E-state index is 14.5. The lowest BCUT2D eigenvalue weighted by atomic mass is 10.1. The Morgan fingerprint density at radius 2 is 1.84 bits per heavy atom. The van der Waals surface area contributed by atoms with E-state index in [1.165, 1.54) is 16.8 Å². The zero-order valence-corrected chi connectivity index (χ0v) is 17.7. The van der Waals surface area contributed by atoms with Crippen LogP contribution >= 0.6 is 0 Å². The van der Waals surface area contributed by atoms with Crippen molar-refractivity contribution in [3.63, 3.8) is 0 Å². The van der Waals surface area contributed by atoms with Gasteiger partial charge in [0.2, 0.25) is 5.91 Å². The molecule has 1 aromatic heterocycles. The second kappa shape index (κ2) is 8.88. The number of amides is 1. The van der Waals surface area contributed by atoms with Gasteiger partial charge in [-0.25, -0.2) is 13.5 Å². The van der Waals surface area contributed by atoms with Gasteiger partial charge in [-0.15, -0.1) is 0 Å². The van der Waals surface area contributed by atoms with Crippen LogP contribution in [0.2, 0.25) is 0 Å². The Balaban J connectivity index is 1.58. The zero-order valence-electron chi connectivity index (χ0n) is 17.7. The highest BCUT2D eigenvalue weighted by Gasteiger charge is 2.18. The van der Waals surface area contributed by atoms with E-state index in [2.05, 4.69) is 10.4 Å². The predicted molar refractivity (Wildman–Crippen MR) is 116 cm³/mol. The minimum absolute atomic E-state index is 0.0763. The number of nitrogens with zero attached hydrogens (tertiary/aromatic N) is 3. The summed E-state index contributed by atoms with van der Waals surface area (Å²) in [4.78, 5) is 25.7. The third kappa shape index (κ3) is 4.67. The molecule has 7 nitrogen and oxygen atoms in total. The number of rotatable bonds is 7. The number of fused-ring (bicyclic) bond motifs is 1. The van der Waals surface area contributed by atoms with Crippen molar-refractivity contribution in [2.24, 2.45) is 0 Å². The highest BCUT2D eigenvalue weighted by atomic mass is 19.1. The van der Waals surface area contributed by atoms with E-state index >= 15 is 0 Å². The van der Waals surface area contributed by atoms with Crippen LogP contribution in [0.5, 0.6) is 5.75 Å². The number of hydrogen-bond donors (Lipinski definition) is 1. The van der Waals surface area contributed by atoms with Crippen LogP contribution in [0.15, 0.2) is 47.3 Å². The van der Waals surface area contributed by atoms with Gasteiger partial charge in [0.15, 0.2) is 17.4 Å². The van der Waals surface area contributed by atoms with Gasteiger partial charge in [-0.3, -0.25) is 9.59 Å². The van der Waals surface area contributed by atoms with E-state index in [1.54, 1.807) is 6.07 Å². The van der Waals surface area contributed by atoms with Crippen LogP contribution in [0.25, 0.3) is 11.3 Å². The van der Waals surface area contributed by atoms with E-state index in [9.17, 15) is 18.4 Å². The van der Waals surface area contributed by atoms with Crippen molar-refractivity contribution in [1.29, 1.82) is 0 Å². The van der Waals surface area contributed by atoms with E-state index in [0.717, 1.165) is 23.3 Å². The molecule has 0 fully saturated rings. The second-order valence-electron chi connectivity index (χ2n) is 7.85. The minimum atomic E-state index is -0.840. The summed E-state index contributed by atoms with van der Waals surface area (Å²) in [6, 6.07) is 10.4. The lowest BCUT2D eigenvalue weighted by Gasteiger charge is -2.13. The smallest absolute Gasteiger partial charge is 0.267 e. The summed E-state index contributed by atoms with van der Waals surface area (Å²) in [6.45, 7) is 0.802. The molecule has 2 heterocycles. The fourth-order valence-corrected chi connectivity index (χ4v) is 3.42. The van der Waals surface area contributed by atoms with Crippen LogP contribution in [0.3, 0.4) is 0 Å². The van der Waals surface area contributed by atoms with Crippen molar-refractivity contribution in [3.05, 3.63) is 75.6 Å². The molecule has 0 saturated heterocycles. The fourth-order valence-electron chi connectivity index (χ4n) is 3.42. The van der Waals surface area contributed by atoms with Crippen molar-refractivity contribution < 1.29 is 18.3 Å². The molecule has 0 saturated carbocycles. The highest BCUT2D eigenvalue weighted by Crippen LogP contribution is 2.28. The van der Waals surface area contributed by atoms with E-state index in [4.69, 9.17) is 4.74 Å². The molecule has 0 radical (unpaired) electrons. The Kier molecular flexibility index (Phi) is 6.00. The van der Waals surface area contributed by atoms with Gasteiger partial charge in [-0.1, -0.05) is 12.1 Å². The van der Waals surface area contributed by atoms with Crippen LogP contribution in [-0.4, -0.2) is 47.8 Å². The standard InChI is InChI=1S/C23H22F2N4O3/c1-28(2)7-8-32-23-17(24)10-16(11-18(23)25)19-5-6-22(31)29(27-19)13-14-3-4-15-12-21(30)26-20(15)9-14/h3-6,9-11H,7-8,12-13H2,1-2H3,(H,26,30). The maximum Gasteiger partial charge on any atom is 0.267 e. The molecule has 1 aliphatic heterocycles. The number of carbonyl (C=O) groups is 1. The molecule has 0 atom stereocenters. The quantitative estimate of drug-likeness (QED) is 0.611. The minimum Gasteiger partial charge on any atom is -0.486 e. The molecular weight excluding hydrogens is 418 g/mol. The lowest BCUT2D eigenvalue weighted by molar-refractivity contribution is -0.115. The topological polar surface area (TPSA) is 76.5 Å². The van der Waals surface area contributed by atoms with Crippen molar-refractivity contribution in [3.8, 4) is 17.0 Å². The van der Waals surface area contributed by atoms with E-state index in [1.807, 2.05) is 31.1 Å². The van der Waals surface area contributed by atoms with Crippen LogP contribution in [0, 0.1) is 11.6 Å². The number of halogens is 2. The molecule has 1 amide bonds. The number of hydrogen-bond acceptors (Lipinski definition) is 5. The van der Waals surface area contributed by atoms with Gasteiger partial charge in [0.05, 0.1) is 18.7 Å². The van der Waals surface area contributed by atoms with Gasteiger partial charge in [0.1, 0.15) is 6.61 Å². The molecular formula is C23H22F2N4O3. The van der Waals surface area contributed by atoms with Gasteiger partial charge in [0.25, 0.3) is 5.56 Å². The average Bonchev–Trinajstić information content (AvgIpc) is 3.10. The number of likely N-dealkylation sites (N-methyl/N-ethyl adjacent to an activating group) is 1. The average molecular weight is 440 g/mol. The molecule has 0 aliphatic carbocycles. The number of carbonyl (C=O) groups excluding carboxylic acids is 1. The monoisotopic (exact) mass is 440 g/mol. The molecule has 2 aromatic carbocycles. The molecule has 166 valence electrons. The number of ether oxygens (including phenoxy) is 1. The largest absolute Gasteiger partial charge is 0.486 e. The van der Waals surface area contributed by atoms with Crippen LogP contribution < -0.4 is 15.6 Å². The first kappa shape index (κ1) is 21.6. The van der Waals surface area contributed by atoms with Gasteiger partial charge in [-0.2, -0.15) is 5.10 Å². The zero-order chi connectivity index (χ0) is 22.8. The third-order valence-corrected chi connectivity index (χ3v) is 5.08. The summed E-state index contributed by atoms with van der Waals surface area (Å²) in [7, 11) is 3.66. The predicted octanol–water partition coefficient (Wildman–Crippen LogP) is 2.67. The maximum atomic E-state index is 14.5. The third-order valence-electron chi connectivity index (χ3n) is 5.08. The molecule has 32 heavy (non-hydrogen) atoms. The number of anilines is 1. The van der Waals surface area contributed by atoms with Crippen LogP contribution in [0.1, 0.15) is 11.1 Å². The molecule has 1 N–H and O–H groups in total. The summed E-state index contributed by atoms with van der Waals surface area (Å²) in [5.74, 6) is -2.20. The van der Waals surface area contributed by atoms with Gasteiger partial charge < -0.3 is 15.0 Å². The Morgan fingerprint density at radius 1 is 1.09 bits per heavy atom. The Labute approximate surface area is 183 Å². The molecule has 0 bridgehead atoms. The molecule has 9 heteroatoms. The Morgan fingerprint density at radius 3 is 2.56 bits per heavy atom. The summed E-state index contributed by atoms with van der Waals surface area (Å²) in [5, 5.41) is 7.05. The van der Waals surface area contributed by atoms with Crippen LogP contribution in [-0.2, 0) is 17.8 Å². The number of nitrogens with one attached hydrogen (secondary N) is 1. The van der Waals surface area contributed by atoms with E-state index in [0.29, 0.717) is 18.7 Å². The Hall–Kier alpha value is -3.59. The van der Waals surface area contributed by atoms with Gasteiger partial charge >= 0.3 is 0 Å². The lowest BCUT2D eigenvalue weighted by Crippen LogP contribution is -2.23. The summed E-state index contributed by atoms with van der Waals surface area (Å²) < 4.78 is 35.4. The second-order valence-corrected chi connectivity index (χ2v) is 7.85. The summed E-state index contributed by atoms with van der Waals surface area (Å²) >= 11 is 0. The van der Waals surface area contributed by atoms with Crippen molar-refractivity contribution in [2.45, 2.75) is 13.0 Å². The molecule has 1 aliphatic rings. The van der Waals surface area contributed by atoms with Crippen molar-refractivity contribution in [1.82, 2.24) is 14.7 Å². The van der Waals surface area contributed by atoms with Crippen molar-refractivity contribution in [2.75, 3.05) is 32.6 Å². The first-order valence-corrected chi connectivity index (χ1v) is 10.1. The summed E-state index contributed by atoms with van der Waals surface area (Å²) in [6.07, 6.45) is 0.329. The molecule has 3 aromatic rings. The molecule has 0 spiro atoms. The van der Waals surface area contributed by atoms with Crippen molar-refractivity contribution >= 4 is 11.6 Å². The van der Waals surface area contributed by atoms with E-state index < -0.39 is 17.4 Å². The first-order valence-electron chi connectivity index (χ1n) is 10.1. The SMILES string of the molecule is CN(C)CCOc1c(F)cc(-c2ccc(=O)n(Cc3ccc4c(c3)NC(=O)C4)n2)cc1F.